The molecule has 0 saturated carbocycles. The second-order valence-corrected chi connectivity index (χ2v) is 2.66. The minimum Gasteiger partial charge on any atom is -0.356 e. The number of rotatable bonds is 1. The summed E-state index contributed by atoms with van der Waals surface area (Å²) in [5.41, 5.74) is 2.04. The van der Waals surface area contributed by atoms with Crippen LogP contribution in [0.1, 0.15) is 5.69 Å². The fourth-order valence-corrected chi connectivity index (χ4v) is 1.05. The van der Waals surface area contributed by atoms with Crippen molar-refractivity contribution in [2.75, 3.05) is 11.7 Å². The summed E-state index contributed by atoms with van der Waals surface area (Å²) in [4.78, 5) is 4.18. The lowest BCUT2D eigenvalue weighted by atomic mass is 10.3. The van der Waals surface area contributed by atoms with Crippen LogP contribution in [0.15, 0.2) is 23.4 Å². The van der Waals surface area contributed by atoms with E-state index in [0.29, 0.717) is 0 Å². The van der Waals surface area contributed by atoms with Gasteiger partial charge in [-0.25, -0.2) is 5.01 Å². The molecule has 4 nitrogen and oxygen atoms in total. The van der Waals surface area contributed by atoms with Gasteiger partial charge in [-0.3, -0.25) is 4.98 Å². The van der Waals surface area contributed by atoms with Crippen LogP contribution in [0.3, 0.4) is 0 Å². The van der Waals surface area contributed by atoms with Crippen LogP contribution in [0.25, 0.3) is 0 Å². The third kappa shape index (κ3) is 1.23. The summed E-state index contributed by atoms with van der Waals surface area (Å²) in [5.74, 6) is 0. The van der Waals surface area contributed by atoms with Crippen molar-refractivity contribution in [1.29, 1.82) is 0 Å². The summed E-state index contributed by atoms with van der Waals surface area (Å²) < 4.78 is 0. The van der Waals surface area contributed by atoms with Crippen molar-refractivity contribution in [2.24, 2.45) is 5.10 Å². The van der Waals surface area contributed by atoms with Gasteiger partial charge in [0.2, 0.25) is 0 Å². The van der Waals surface area contributed by atoms with E-state index in [1.165, 1.54) is 0 Å². The summed E-state index contributed by atoms with van der Waals surface area (Å²) in [6.07, 6.45) is 3.50. The van der Waals surface area contributed by atoms with Gasteiger partial charge in [-0.2, -0.15) is 5.10 Å². The number of hydrazone groups is 1. The Morgan fingerprint density at radius 2 is 2.42 bits per heavy atom. The SMILES string of the molecule is Cc1ccc(N2CNC=N2)cn1. The normalized spacial score (nSPS) is 14.9. The Labute approximate surface area is 70.9 Å². The summed E-state index contributed by atoms with van der Waals surface area (Å²) >= 11 is 0. The van der Waals surface area contributed by atoms with E-state index in [1.807, 2.05) is 30.3 Å². The van der Waals surface area contributed by atoms with Crippen LogP contribution in [0.4, 0.5) is 5.69 Å². The lowest BCUT2D eigenvalue weighted by molar-refractivity contribution is 0.866. The van der Waals surface area contributed by atoms with Crippen LogP contribution in [-0.2, 0) is 0 Å². The quantitative estimate of drug-likeness (QED) is 0.660. The Hall–Kier alpha value is -1.58. The average Bonchev–Trinajstić information content (AvgIpc) is 2.58. The summed E-state index contributed by atoms with van der Waals surface area (Å²) in [7, 11) is 0. The van der Waals surface area contributed by atoms with Gasteiger partial charge in [-0.15, -0.1) is 0 Å². The monoisotopic (exact) mass is 162 g/mol. The molecule has 62 valence electrons. The zero-order valence-electron chi connectivity index (χ0n) is 6.86. The fraction of sp³-hybridized carbons (Fsp3) is 0.250. The highest BCUT2D eigenvalue weighted by Crippen LogP contribution is 2.13. The summed E-state index contributed by atoms with van der Waals surface area (Å²) in [6.45, 7) is 2.69. The first-order valence-electron chi connectivity index (χ1n) is 3.82. The Morgan fingerprint density at radius 1 is 1.50 bits per heavy atom. The van der Waals surface area contributed by atoms with Crippen molar-refractivity contribution >= 4 is 12.0 Å². The lowest BCUT2D eigenvalue weighted by Gasteiger charge is -2.11. The van der Waals surface area contributed by atoms with Gasteiger partial charge in [0, 0.05) is 5.69 Å². The number of pyridine rings is 1. The topological polar surface area (TPSA) is 40.5 Å². The molecule has 0 spiro atoms. The molecule has 2 rings (SSSR count). The summed E-state index contributed by atoms with van der Waals surface area (Å²) in [5, 5.41) is 8.94. The predicted molar refractivity (Wildman–Crippen MR) is 47.9 cm³/mol. The molecule has 0 amide bonds. The molecule has 0 atom stereocenters. The van der Waals surface area contributed by atoms with Crippen molar-refractivity contribution in [3.8, 4) is 0 Å². The molecule has 0 unspecified atom stereocenters. The molecule has 1 aliphatic rings. The van der Waals surface area contributed by atoms with Crippen molar-refractivity contribution in [2.45, 2.75) is 6.92 Å². The van der Waals surface area contributed by atoms with Gasteiger partial charge >= 0.3 is 0 Å². The van der Waals surface area contributed by atoms with Crippen LogP contribution < -0.4 is 10.3 Å². The third-order valence-electron chi connectivity index (χ3n) is 1.72. The molecule has 0 fully saturated rings. The van der Waals surface area contributed by atoms with E-state index < -0.39 is 0 Å². The van der Waals surface area contributed by atoms with E-state index in [0.717, 1.165) is 18.1 Å². The number of aromatic nitrogens is 1. The molecule has 12 heavy (non-hydrogen) atoms. The van der Waals surface area contributed by atoms with Crippen molar-refractivity contribution in [1.82, 2.24) is 10.3 Å². The Kier molecular flexibility index (Phi) is 1.66. The highest BCUT2D eigenvalue weighted by atomic mass is 15.5. The van der Waals surface area contributed by atoms with E-state index >= 15 is 0 Å². The Bertz CT molecular complexity index is 290. The molecule has 1 aromatic heterocycles. The maximum absolute atomic E-state index is 4.18. The molecule has 1 N–H and O–H groups in total. The molecule has 4 heteroatoms. The number of nitrogens with zero attached hydrogens (tertiary/aromatic N) is 3. The van der Waals surface area contributed by atoms with Crippen LogP contribution in [0.2, 0.25) is 0 Å². The second kappa shape index (κ2) is 2.81. The van der Waals surface area contributed by atoms with E-state index in [2.05, 4.69) is 15.4 Å². The molecule has 0 aliphatic carbocycles. The van der Waals surface area contributed by atoms with Gasteiger partial charge in [0.1, 0.15) is 13.0 Å². The van der Waals surface area contributed by atoms with Gasteiger partial charge in [-0.05, 0) is 19.1 Å². The van der Waals surface area contributed by atoms with Crippen LogP contribution >= 0.6 is 0 Å². The lowest BCUT2D eigenvalue weighted by Crippen LogP contribution is -2.20. The number of nitrogens with one attached hydrogen (secondary N) is 1. The average molecular weight is 162 g/mol. The smallest absolute Gasteiger partial charge is 0.111 e. The molecule has 2 heterocycles. The van der Waals surface area contributed by atoms with Gasteiger partial charge < -0.3 is 5.32 Å². The van der Waals surface area contributed by atoms with E-state index in [-0.39, 0.29) is 0 Å². The molecular formula is C8H10N4. The highest BCUT2D eigenvalue weighted by molar-refractivity contribution is 5.62. The maximum Gasteiger partial charge on any atom is 0.111 e. The maximum atomic E-state index is 4.18. The van der Waals surface area contributed by atoms with Crippen LogP contribution in [0.5, 0.6) is 0 Å². The number of hydrogen-bond donors (Lipinski definition) is 1. The number of hydrogen-bond acceptors (Lipinski definition) is 4. The third-order valence-corrected chi connectivity index (χ3v) is 1.72. The van der Waals surface area contributed by atoms with Crippen molar-refractivity contribution in [3.05, 3.63) is 24.0 Å². The molecule has 0 radical (unpaired) electrons. The zero-order valence-corrected chi connectivity index (χ0v) is 6.86. The fourth-order valence-electron chi connectivity index (χ4n) is 1.05. The molecule has 1 aliphatic heterocycles. The van der Waals surface area contributed by atoms with Gasteiger partial charge in [0.15, 0.2) is 0 Å². The van der Waals surface area contributed by atoms with Crippen molar-refractivity contribution in [3.63, 3.8) is 0 Å². The number of aryl methyl sites for hydroxylation is 1. The van der Waals surface area contributed by atoms with Crippen LogP contribution in [0, 0.1) is 6.92 Å². The van der Waals surface area contributed by atoms with E-state index in [4.69, 9.17) is 0 Å². The van der Waals surface area contributed by atoms with Gasteiger partial charge in [0.25, 0.3) is 0 Å². The molecule has 1 aromatic rings. The number of anilines is 1. The summed E-state index contributed by atoms with van der Waals surface area (Å²) in [6, 6.07) is 3.98. The van der Waals surface area contributed by atoms with Gasteiger partial charge in [0.05, 0.1) is 11.9 Å². The molecular weight excluding hydrogens is 152 g/mol. The zero-order chi connectivity index (χ0) is 8.39. The van der Waals surface area contributed by atoms with Gasteiger partial charge in [-0.1, -0.05) is 0 Å². The Balaban J connectivity index is 2.23. The van der Waals surface area contributed by atoms with Crippen LogP contribution in [-0.4, -0.2) is 18.0 Å². The first-order chi connectivity index (χ1) is 5.86. The first kappa shape index (κ1) is 7.09. The Morgan fingerprint density at radius 3 is 3.00 bits per heavy atom. The highest BCUT2D eigenvalue weighted by Gasteiger charge is 2.06. The minimum absolute atomic E-state index is 0.727. The van der Waals surface area contributed by atoms with Crippen molar-refractivity contribution < 1.29 is 0 Å². The minimum atomic E-state index is 0.727. The molecule has 0 aromatic carbocycles. The van der Waals surface area contributed by atoms with E-state index in [1.54, 1.807) is 6.34 Å². The molecule has 0 bridgehead atoms. The van der Waals surface area contributed by atoms with E-state index in [9.17, 15) is 0 Å². The largest absolute Gasteiger partial charge is 0.356 e. The standard InChI is InChI=1S/C8H10N4/c1-7-2-3-8(4-10-7)12-6-9-5-11-12/h2-5H,6H2,1H3,(H,9,11). The second-order valence-electron chi connectivity index (χ2n) is 2.66. The molecule has 0 saturated heterocycles. The first-order valence-corrected chi connectivity index (χ1v) is 3.82. The predicted octanol–water partition coefficient (Wildman–Crippen LogP) is 0.700.